The summed E-state index contributed by atoms with van der Waals surface area (Å²) in [5.74, 6) is 0.454. The summed E-state index contributed by atoms with van der Waals surface area (Å²) >= 11 is 7.40. The van der Waals surface area contributed by atoms with Crippen molar-refractivity contribution in [2.75, 3.05) is 14.2 Å². The number of nitrogens with zero attached hydrogens (tertiary/aromatic N) is 2. The molecule has 2 aromatic rings. The van der Waals surface area contributed by atoms with Crippen molar-refractivity contribution in [2.45, 2.75) is 51.9 Å². The van der Waals surface area contributed by atoms with E-state index in [0.29, 0.717) is 33.2 Å². The van der Waals surface area contributed by atoms with Crippen LogP contribution in [0.25, 0.3) is 0 Å². The summed E-state index contributed by atoms with van der Waals surface area (Å²) < 4.78 is 12.7. The van der Waals surface area contributed by atoms with Gasteiger partial charge in [0.15, 0.2) is 4.80 Å². The maximum absolute atomic E-state index is 12.9. The molecule has 1 aliphatic carbocycles. The molecule has 0 spiro atoms. The highest BCUT2D eigenvalue weighted by molar-refractivity contribution is 7.09. The van der Waals surface area contributed by atoms with Gasteiger partial charge in [0.2, 0.25) is 0 Å². The molecule has 1 aliphatic rings. The Morgan fingerprint density at radius 2 is 2.07 bits per heavy atom. The Labute approximate surface area is 179 Å². The van der Waals surface area contributed by atoms with E-state index < -0.39 is 11.5 Å². The Morgan fingerprint density at radius 3 is 2.66 bits per heavy atom. The fraction of sp³-hybridized carbons (Fsp3) is 0.524. The van der Waals surface area contributed by atoms with Crippen LogP contribution in [0.4, 0.5) is 0 Å². The topological polar surface area (TPSA) is 73.0 Å². The number of carbonyl (C=O) groups excluding carboxylic acids is 1. The van der Waals surface area contributed by atoms with Crippen molar-refractivity contribution in [3.8, 4) is 5.75 Å². The van der Waals surface area contributed by atoms with E-state index in [9.17, 15) is 9.90 Å². The van der Waals surface area contributed by atoms with Gasteiger partial charge in [0, 0.05) is 24.4 Å². The Kier molecular flexibility index (Phi) is 6.53. The van der Waals surface area contributed by atoms with Crippen molar-refractivity contribution in [3.05, 3.63) is 44.2 Å². The molecule has 1 saturated carbocycles. The van der Waals surface area contributed by atoms with Crippen molar-refractivity contribution in [2.24, 2.45) is 10.9 Å². The van der Waals surface area contributed by atoms with Gasteiger partial charge in [-0.2, -0.15) is 4.99 Å². The highest BCUT2D eigenvalue weighted by Gasteiger charge is 2.31. The second-order valence-electron chi connectivity index (χ2n) is 7.93. The van der Waals surface area contributed by atoms with Gasteiger partial charge in [-0.1, -0.05) is 22.9 Å². The summed E-state index contributed by atoms with van der Waals surface area (Å²) in [7, 11) is 3.23. The van der Waals surface area contributed by atoms with Crippen molar-refractivity contribution < 1.29 is 19.4 Å². The first-order valence-electron chi connectivity index (χ1n) is 9.52. The van der Waals surface area contributed by atoms with E-state index in [-0.39, 0.29) is 0 Å². The predicted octanol–water partition coefficient (Wildman–Crippen LogP) is 3.91. The number of amides is 1. The number of aliphatic hydroxyl groups is 1. The molecule has 8 heteroatoms. The third kappa shape index (κ3) is 4.74. The number of rotatable bonds is 6. The molecule has 0 saturated heterocycles. The zero-order valence-corrected chi connectivity index (χ0v) is 18.9. The minimum Gasteiger partial charge on any atom is -0.496 e. The van der Waals surface area contributed by atoms with Crippen molar-refractivity contribution in [1.29, 1.82) is 0 Å². The first-order valence-corrected chi connectivity index (χ1v) is 10.7. The molecular weight excluding hydrogens is 412 g/mol. The molecule has 1 fully saturated rings. The quantitative estimate of drug-likeness (QED) is 0.742. The first-order chi connectivity index (χ1) is 13.6. The average molecular weight is 439 g/mol. The van der Waals surface area contributed by atoms with E-state index in [2.05, 4.69) is 4.99 Å². The molecule has 1 aromatic heterocycles. The minimum atomic E-state index is -1.02. The van der Waals surface area contributed by atoms with E-state index in [0.717, 1.165) is 30.0 Å². The first kappa shape index (κ1) is 22.0. The fourth-order valence-corrected chi connectivity index (χ4v) is 4.93. The van der Waals surface area contributed by atoms with E-state index in [1.165, 1.54) is 18.4 Å². The van der Waals surface area contributed by atoms with Gasteiger partial charge in [-0.15, -0.1) is 0 Å². The number of aromatic nitrogens is 1. The Bertz CT molecular complexity index is 968. The van der Waals surface area contributed by atoms with Crippen molar-refractivity contribution in [1.82, 2.24) is 4.57 Å². The number of methoxy groups -OCH3 is 2. The molecule has 0 unspecified atom stereocenters. The van der Waals surface area contributed by atoms with Crippen LogP contribution in [0.3, 0.4) is 0 Å². The Morgan fingerprint density at radius 1 is 1.38 bits per heavy atom. The molecule has 0 atom stereocenters. The van der Waals surface area contributed by atoms with Gasteiger partial charge in [-0.3, -0.25) is 4.79 Å². The number of hydrogen-bond acceptors (Lipinski definition) is 5. The van der Waals surface area contributed by atoms with Gasteiger partial charge in [0.1, 0.15) is 5.75 Å². The average Bonchev–Trinajstić information content (AvgIpc) is 2.93. The molecule has 158 valence electrons. The van der Waals surface area contributed by atoms with Crippen LogP contribution in [-0.2, 0) is 16.9 Å². The smallest absolute Gasteiger partial charge is 0.283 e. The third-order valence-corrected chi connectivity index (χ3v) is 7.00. The third-order valence-electron chi connectivity index (χ3n) is 5.27. The molecule has 29 heavy (non-hydrogen) atoms. The van der Waals surface area contributed by atoms with Crippen LogP contribution in [0.15, 0.2) is 23.2 Å². The summed E-state index contributed by atoms with van der Waals surface area (Å²) in [6, 6.07) is 4.88. The van der Waals surface area contributed by atoms with Gasteiger partial charge < -0.3 is 19.1 Å². The molecule has 1 aromatic carbocycles. The van der Waals surface area contributed by atoms with E-state index in [1.54, 1.807) is 39.2 Å². The second-order valence-corrected chi connectivity index (χ2v) is 9.34. The van der Waals surface area contributed by atoms with Crippen molar-refractivity contribution in [3.63, 3.8) is 0 Å². The SMILES string of the molecule is COc1ccc(Cl)cc1C(=O)N=c1sc(C(C)(C)O)c(C)n1CC1CC(OC)C1. The van der Waals surface area contributed by atoms with Crippen LogP contribution in [0, 0.1) is 12.8 Å². The molecule has 0 bridgehead atoms. The van der Waals surface area contributed by atoms with Gasteiger partial charge in [-0.05, 0) is 57.7 Å². The number of halogens is 1. The minimum absolute atomic E-state index is 0.297. The predicted molar refractivity (Wildman–Crippen MR) is 114 cm³/mol. The zero-order chi connectivity index (χ0) is 21.3. The summed E-state index contributed by atoms with van der Waals surface area (Å²) in [6.07, 6.45) is 2.25. The van der Waals surface area contributed by atoms with Crippen LogP contribution < -0.4 is 9.54 Å². The molecule has 0 aliphatic heterocycles. The lowest BCUT2D eigenvalue weighted by atomic mass is 9.82. The number of hydrogen-bond donors (Lipinski definition) is 1. The lowest BCUT2D eigenvalue weighted by Crippen LogP contribution is -2.35. The Balaban J connectivity index is 2.03. The van der Waals surface area contributed by atoms with Crippen LogP contribution >= 0.6 is 22.9 Å². The monoisotopic (exact) mass is 438 g/mol. The number of thiazole rings is 1. The van der Waals surface area contributed by atoms with Crippen LogP contribution in [-0.4, -0.2) is 35.9 Å². The highest BCUT2D eigenvalue weighted by atomic mass is 35.5. The number of ether oxygens (including phenoxy) is 2. The molecule has 0 radical (unpaired) electrons. The summed E-state index contributed by atoms with van der Waals surface area (Å²) in [4.78, 5) is 18.7. The maximum atomic E-state index is 12.9. The van der Waals surface area contributed by atoms with E-state index in [1.807, 2.05) is 11.5 Å². The van der Waals surface area contributed by atoms with E-state index in [4.69, 9.17) is 21.1 Å². The van der Waals surface area contributed by atoms with Crippen LogP contribution in [0.2, 0.25) is 5.02 Å². The number of carbonyl (C=O) groups is 1. The lowest BCUT2D eigenvalue weighted by molar-refractivity contribution is -0.00491. The largest absolute Gasteiger partial charge is 0.496 e. The van der Waals surface area contributed by atoms with Crippen LogP contribution in [0.1, 0.15) is 47.6 Å². The highest BCUT2D eigenvalue weighted by Crippen LogP contribution is 2.33. The summed E-state index contributed by atoms with van der Waals surface area (Å²) in [5.41, 5.74) is 0.217. The molecular formula is C21H27ClN2O4S. The van der Waals surface area contributed by atoms with Gasteiger partial charge in [0.25, 0.3) is 5.91 Å². The molecule has 1 amide bonds. The van der Waals surface area contributed by atoms with Gasteiger partial charge in [0.05, 0.1) is 29.3 Å². The Hall–Kier alpha value is -1.67. The maximum Gasteiger partial charge on any atom is 0.283 e. The molecule has 1 heterocycles. The molecule has 1 N–H and O–H groups in total. The zero-order valence-electron chi connectivity index (χ0n) is 17.4. The number of benzene rings is 1. The fourth-order valence-electron chi connectivity index (χ4n) is 3.62. The molecule has 6 nitrogen and oxygen atoms in total. The normalized spacial score (nSPS) is 19.9. The van der Waals surface area contributed by atoms with Crippen LogP contribution in [0.5, 0.6) is 5.75 Å². The van der Waals surface area contributed by atoms with Gasteiger partial charge >= 0.3 is 0 Å². The lowest BCUT2D eigenvalue weighted by Gasteiger charge is -2.34. The summed E-state index contributed by atoms with van der Waals surface area (Å²) in [5, 5.41) is 11.0. The second kappa shape index (κ2) is 8.60. The standard InChI is InChI=1S/C21H27ClN2O4S/c1-12-18(21(2,3)26)29-20(24(12)11-13-8-15(9-13)27-4)23-19(25)16-10-14(22)6-7-17(16)28-5/h6-7,10,13,15,26H,8-9,11H2,1-5H3. The summed E-state index contributed by atoms with van der Waals surface area (Å²) in [6.45, 7) is 6.18. The van der Waals surface area contributed by atoms with Gasteiger partial charge in [-0.25, -0.2) is 0 Å². The van der Waals surface area contributed by atoms with Crippen molar-refractivity contribution >= 4 is 28.8 Å². The molecule has 3 rings (SSSR count). The van der Waals surface area contributed by atoms with E-state index >= 15 is 0 Å².